The van der Waals surface area contributed by atoms with Gasteiger partial charge in [0.25, 0.3) is 5.91 Å². The highest BCUT2D eigenvalue weighted by atomic mass is 16.2. The maximum atomic E-state index is 12.7. The van der Waals surface area contributed by atoms with E-state index in [1.165, 1.54) is 0 Å². The van der Waals surface area contributed by atoms with Crippen molar-refractivity contribution in [1.82, 2.24) is 15.5 Å². The molecule has 2 aromatic carbocycles. The van der Waals surface area contributed by atoms with Crippen molar-refractivity contribution in [3.8, 4) is 0 Å². The molecule has 0 bridgehead atoms. The Kier molecular flexibility index (Phi) is 6.69. The lowest BCUT2D eigenvalue weighted by atomic mass is 9.89. The zero-order valence-corrected chi connectivity index (χ0v) is 16.7. The summed E-state index contributed by atoms with van der Waals surface area (Å²) in [7, 11) is 0. The standard InChI is InChI=1S/C23H29N3O2/c1-3-24-23(28)26-14-8-13-21(16-26)19-11-7-12-20(15-19)22(27)25-17(2)18-9-5-4-6-10-18/h4-7,9-12,15,17,21H,3,8,13-14,16H2,1-2H3,(H,24,28)(H,25,27)/t17-,21-/m0/s1. The number of benzene rings is 2. The lowest BCUT2D eigenvalue weighted by molar-refractivity contribution is 0.0939. The number of nitrogens with zero attached hydrogens (tertiary/aromatic N) is 1. The highest BCUT2D eigenvalue weighted by Crippen LogP contribution is 2.27. The average Bonchev–Trinajstić information content (AvgIpc) is 2.74. The molecule has 0 saturated carbocycles. The number of rotatable bonds is 5. The molecule has 1 aliphatic rings. The number of amides is 3. The molecule has 0 unspecified atom stereocenters. The lowest BCUT2D eigenvalue weighted by Crippen LogP contribution is -2.44. The Morgan fingerprint density at radius 3 is 2.68 bits per heavy atom. The summed E-state index contributed by atoms with van der Waals surface area (Å²) in [5, 5.41) is 5.95. The normalized spacial score (nSPS) is 17.6. The molecule has 1 heterocycles. The third-order valence-electron chi connectivity index (χ3n) is 5.30. The fraction of sp³-hybridized carbons (Fsp3) is 0.391. The largest absolute Gasteiger partial charge is 0.346 e. The van der Waals surface area contributed by atoms with Crippen LogP contribution in [0.4, 0.5) is 4.79 Å². The topological polar surface area (TPSA) is 61.4 Å². The fourth-order valence-corrected chi connectivity index (χ4v) is 3.74. The number of urea groups is 1. The van der Waals surface area contributed by atoms with Gasteiger partial charge >= 0.3 is 6.03 Å². The van der Waals surface area contributed by atoms with E-state index in [0.29, 0.717) is 18.7 Å². The molecule has 148 valence electrons. The number of hydrogen-bond acceptors (Lipinski definition) is 2. The molecule has 1 saturated heterocycles. The van der Waals surface area contributed by atoms with Crippen molar-refractivity contribution in [3.63, 3.8) is 0 Å². The predicted octanol–water partition coefficient (Wildman–Crippen LogP) is 4.09. The Morgan fingerprint density at radius 1 is 1.14 bits per heavy atom. The highest BCUT2D eigenvalue weighted by Gasteiger charge is 2.25. The number of hydrogen-bond donors (Lipinski definition) is 2. The highest BCUT2D eigenvalue weighted by molar-refractivity contribution is 5.94. The SMILES string of the molecule is CCNC(=O)N1CCC[C@H](c2cccc(C(=O)N[C@@H](C)c3ccccc3)c2)C1. The lowest BCUT2D eigenvalue weighted by Gasteiger charge is -2.33. The second kappa shape index (κ2) is 9.40. The zero-order chi connectivity index (χ0) is 19.9. The Hall–Kier alpha value is -2.82. The summed E-state index contributed by atoms with van der Waals surface area (Å²) in [5.74, 6) is 0.185. The average molecular weight is 380 g/mol. The van der Waals surface area contributed by atoms with E-state index in [1.54, 1.807) is 0 Å². The summed E-state index contributed by atoms with van der Waals surface area (Å²) in [6, 6.07) is 17.7. The number of nitrogens with one attached hydrogen (secondary N) is 2. The molecule has 5 heteroatoms. The maximum absolute atomic E-state index is 12.7. The summed E-state index contributed by atoms with van der Waals surface area (Å²) in [4.78, 5) is 26.8. The van der Waals surface area contributed by atoms with Crippen molar-refractivity contribution in [3.05, 3.63) is 71.3 Å². The smallest absolute Gasteiger partial charge is 0.317 e. The van der Waals surface area contributed by atoms with Crippen molar-refractivity contribution in [2.45, 2.75) is 38.6 Å². The van der Waals surface area contributed by atoms with Crippen molar-refractivity contribution in [2.75, 3.05) is 19.6 Å². The van der Waals surface area contributed by atoms with Crippen molar-refractivity contribution >= 4 is 11.9 Å². The van der Waals surface area contributed by atoms with Gasteiger partial charge in [-0.05, 0) is 49.9 Å². The van der Waals surface area contributed by atoms with Crippen LogP contribution in [0.5, 0.6) is 0 Å². The molecular formula is C23H29N3O2. The van der Waals surface area contributed by atoms with Crippen LogP contribution in [-0.2, 0) is 0 Å². The summed E-state index contributed by atoms with van der Waals surface area (Å²) in [5.41, 5.74) is 2.86. The first-order chi connectivity index (χ1) is 13.6. The van der Waals surface area contributed by atoms with E-state index in [-0.39, 0.29) is 23.9 Å². The first-order valence-electron chi connectivity index (χ1n) is 10.1. The molecule has 0 radical (unpaired) electrons. The van der Waals surface area contributed by atoms with Crippen molar-refractivity contribution < 1.29 is 9.59 Å². The Bertz CT molecular complexity index is 807. The molecule has 2 atom stereocenters. The van der Waals surface area contributed by atoms with Gasteiger partial charge in [0.05, 0.1) is 6.04 Å². The van der Waals surface area contributed by atoms with E-state index in [0.717, 1.165) is 30.5 Å². The molecule has 0 aliphatic carbocycles. The molecule has 5 nitrogen and oxygen atoms in total. The summed E-state index contributed by atoms with van der Waals surface area (Å²) >= 11 is 0. The van der Waals surface area contributed by atoms with Gasteiger partial charge in [0, 0.05) is 31.1 Å². The second-order valence-corrected chi connectivity index (χ2v) is 7.35. The zero-order valence-electron chi connectivity index (χ0n) is 16.7. The minimum absolute atomic E-state index is 0.00205. The second-order valence-electron chi connectivity index (χ2n) is 7.35. The van der Waals surface area contributed by atoms with Crippen LogP contribution >= 0.6 is 0 Å². The van der Waals surface area contributed by atoms with Gasteiger partial charge in [0.2, 0.25) is 0 Å². The third-order valence-corrected chi connectivity index (χ3v) is 5.30. The summed E-state index contributed by atoms with van der Waals surface area (Å²) < 4.78 is 0. The van der Waals surface area contributed by atoms with Gasteiger partial charge < -0.3 is 15.5 Å². The summed E-state index contributed by atoms with van der Waals surface area (Å²) in [6.07, 6.45) is 2.00. The van der Waals surface area contributed by atoms with E-state index < -0.39 is 0 Å². The van der Waals surface area contributed by atoms with Gasteiger partial charge in [-0.3, -0.25) is 4.79 Å². The quantitative estimate of drug-likeness (QED) is 0.822. The van der Waals surface area contributed by atoms with Gasteiger partial charge in [0.15, 0.2) is 0 Å². The molecule has 3 amide bonds. The van der Waals surface area contributed by atoms with Crippen LogP contribution in [0.25, 0.3) is 0 Å². The van der Waals surface area contributed by atoms with Gasteiger partial charge in [-0.1, -0.05) is 42.5 Å². The first kappa shape index (κ1) is 19.9. The van der Waals surface area contributed by atoms with Crippen LogP contribution in [-0.4, -0.2) is 36.5 Å². The fourth-order valence-electron chi connectivity index (χ4n) is 3.74. The Morgan fingerprint density at radius 2 is 1.93 bits per heavy atom. The van der Waals surface area contributed by atoms with Crippen LogP contribution in [0.2, 0.25) is 0 Å². The molecule has 1 aliphatic heterocycles. The van der Waals surface area contributed by atoms with Crippen LogP contribution < -0.4 is 10.6 Å². The maximum Gasteiger partial charge on any atom is 0.317 e. The van der Waals surface area contributed by atoms with Gasteiger partial charge in [-0.15, -0.1) is 0 Å². The molecule has 0 aromatic heterocycles. The van der Waals surface area contributed by atoms with Crippen molar-refractivity contribution in [2.24, 2.45) is 0 Å². The van der Waals surface area contributed by atoms with Crippen LogP contribution in [0.1, 0.15) is 60.1 Å². The van der Waals surface area contributed by atoms with Crippen molar-refractivity contribution in [1.29, 1.82) is 0 Å². The molecule has 2 N–H and O–H groups in total. The minimum atomic E-state index is -0.0744. The number of piperidine rings is 1. The molecule has 1 fully saturated rings. The number of likely N-dealkylation sites (tertiary alicyclic amines) is 1. The van der Waals surface area contributed by atoms with E-state index >= 15 is 0 Å². The molecule has 0 spiro atoms. The number of carbonyl (C=O) groups excluding carboxylic acids is 2. The van der Waals surface area contributed by atoms with E-state index in [4.69, 9.17) is 0 Å². The van der Waals surface area contributed by atoms with Gasteiger partial charge in [0.1, 0.15) is 0 Å². The Balaban J connectivity index is 1.68. The molecule has 2 aromatic rings. The Labute approximate surface area is 167 Å². The third kappa shape index (κ3) is 4.91. The molecular weight excluding hydrogens is 350 g/mol. The monoisotopic (exact) mass is 379 g/mol. The minimum Gasteiger partial charge on any atom is -0.346 e. The van der Waals surface area contributed by atoms with Gasteiger partial charge in [-0.2, -0.15) is 0 Å². The van der Waals surface area contributed by atoms with Crippen LogP contribution in [0.3, 0.4) is 0 Å². The van der Waals surface area contributed by atoms with Crippen LogP contribution in [0.15, 0.2) is 54.6 Å². The van der Waals surface area contributed by atoms with Crippen LogP contribution in [0, 0.1) is 0 Å². The first-order valence-corrected chi connectivity index (χ1v) is 10.1. The van der Waals surface area contributed by atoms with Gasteiger partial charge in [-0.25, -0.2) is 4.79 Å². The summed E-state index contributed by atoms with van der Waals surface area (Å²) in [6.45, 7) is 6.03. The molecule has 28 heavy (non-hydrogen) atoms. The van der Waals surface area contributed by atoms with E-state index in [1.807, 2.05) is 67.3 Å². The predicted molar refractivity (Wildman–Crippen MR) is 111 cm³/mol. The number of carbonyl (C=O) groups is 2. The molecule has 3 rings (SSSR count). The van der Waals surface area contributed by atoms with E-state index in [9.17, 15) is 9.59 Å². The van der Waals surface area contributed by atoms with E-state index in [2.05, 4.69) is 16.7 Å².